The molecule has 0 bridgehead atoms. The van der Waals surface area contributed by atoms with E-state index in [0.29, 0.717) is 12.6 Å². The Hall–Kier alpha value is -1.52. The van der Waals surface area contributed by atoms with Gasteiger partial charge in [-0.2, -0.15) is 0 Å². The Morgan fingerprint density at radius 1 is 1.53 bits per heavy atom. The van der Waals surface area contributed by atoms with Crippen molar-refractivity contribution in [2.45, 2.75) is 32.4 Å². The highest BCUT2D eigenvalue weighted by Gasteiger charge is 2.25. The molecule has 0 aliphatic heterocycles. The summed E-state index contributed by atoms with van der Waals surface area (Å²) in [5.41, 5.74) is -0.0799. The molecule has 1 N–H and O–H groups in total. The fourth-order valence-electron chi connectivity index (χ4n) is 1.59. The fourth-order valence-corrected chi connectivity index (χ4v) is 1.59. The molecular formula is C10H15N3O2. The molecule has 0 radical (unpaired) electrons. The van der Waals surface area contributed by atoms with E-state index in [1.165, 1.54) is 4.57 Å². The van der Waals surface area contributed by atoms with Gasteiger partial charge in [-0.25, -0.2) is 4.79 Å². The van der Waals surface area contributed by atoms with E-state index in [0.717, 1.165) is 12.8 Å². The molecule has 0 atom stereocenters. The Morgan fingerprint density at radius 2 is 2.27 bits per heavy atom. The van der Waals surface area contributed by atoms with Crippen molar-refractivity contribution in [1.82, 2.24) is 14.5 Å². The second-order valence-electron chi connectivity index (χ2n) is 3.80. The van der Waals surface area contributed by atoms with Gasteiger partial charge >= 0.3 is 5.69 Å². The maximum Gasteiger partial charge on any atom is 0.328 e. The van der Waals surface area contributed by atoms with Gasteiger partial charge in [0.2, 0.25) is 5.91 Å². The quantitative estimate of drug-likeness (QED) is 0.765. The lowest BCUT2D eigenvalue weighted by Crippen LogP contribution is -2.32. The van der Waals surface area contributed by atoms with Crippen molar-refractivity contribution in [2.24, 2.45) is 0 Å². The van der Waals surface area contributed by atoms with Crippen LogP contribution in [0, 0.1) is 0 Å². The van der Waals surface area contributed by atoms with Crippen LogP contribution in [-0.2, 0) is 11.3 Å². The molecule has 1 aromatic rings. The molecule has 0 spiro atoms. The number of nitrogens with one attached hydrogen (secondary N) is 1. The summed E-state index contributed by atoms with van der Waals surface area (Å²) >= 11 is 0. The predicted molar refractivity (Wildman–Crippen MR) is 55.6 cm³/mol. The molecule has 1 aromatic heterocycles. The third kappa shape index (κ3) is 2.11. The minimum atomic E-state index is -0.117. The summed E-state index contributed by atoms with van der Waals surface area (Å²) in [6.07, 6.45) is 5.59. The summed E-state index contributed by atoms with van der Waals surface area (Å²) < 4.78 is 3.16. The molecule has 1 saturated carbocycles. The number of likely N-dealkylation sites (N-methyl/N-ethyl adjacent to an activating group) is 1. The number of aromatic nitrogens is 2. The topological polar surface area (TPSA) is 56.0 Å². The van der Waals surface area contributed by atoms with E-state index in [2.05, 4.69) is 5.32 Å². The first-order valence-electron chi connectivity index (χ1n) is 5.26. The molecule has 2 rings (SSSR count). The number of hydrogen-bond acceptors (Lipinski definition) is 2. The van der Waals surface area contributed by atoms with Gasteiger partial charge in [0.25, 0.3) is 0 Å². The average molecular weight is 209 g/mol. The maximum atomic E-state index is 11.7. The van der Waals surface area contributed by atoms with Crippen molar-refractivity contribution in [1.29, 1.82) is 0 Å². The largest absolute Gasteiger partial charge is 0.355 e. The van der Waals surface area contributed by atoms with Crippen LogP contribution in [0.3, 0.4) is 0 Å². The van der Waals surface area contributed by atoms with Gasteiger partial charge < -0.3 is 5.32 Å². The van der Waals surface area contributed by atoms with Gasteiger partial charge in [0.05, 0.1) is 0 Å². The predicted octanol–water partition coefficient (Wildman–Crippen LogP) is 0.121. The maximum absolute atomic E-state index is 11.7. The number of amides is 1. The van der Waals surface area contributed by atoms with Gasteiger partial charge in [-0.3, -0.25) is 13.9 Å². The highest BCUT2D eigenvalue weighted by Crippen LogP contribution is 2.33. The van der Waals surface area contributed by atoms with E-state index >= 15 is 0 Å². The molecule has 0 unspecified atom stereocenters. The van der Waals surface area contributed by atoms with Crippen LogP contribution >= 0.6 is 0 Å². The van der Waals surface area contributed by atoms with Crippen LogP contribution < -0.4 is 11.0 Å². The normalized spacial score (nSPS) is 15.3. The molecule has 5 heteroatoms. The van der Waals surface area contributed by atoms with Crippen LogP contribution in [0.1, 0.15) is 25.8 Å². The molecule has 15 heavy (non-hydrogen) atoms. The first-order chi connectivity index (χ1) is 7.22. The molecular weight excluding hydrogens is 194 g/mol. The van der Waals surface area contributed by atoms with E-state index in [-0.39, 0.29) is 18.1 Å². The molecule has 1 fully saturated rings. The fraction of sp³-hybridized carbons (Fsp3) is 0.600. The Kier molecular flexibility index (Phi) is 2.62. The number of hydrogen-bond donors (Lipinski definition) is 1. The van der Waals surface area contributed by atoms with E-state index in [1.807, 2.05) is 6.92 Å². The summed E-state index contributed by atoms with van der Waals surface area (Å²) in [4.78, 5) is 23.0. The number of imidazole rings is 1. The molecule has 1 aliphatic rings. The van der Waals surface area contributed by atoms with Gasteiger partial charge in [0.1, 0.15) is 6.54 Å². The lowest BCUT2D eigenvalue weighted by Gasteiger charge is -2.01. The summed E-state index contributed by atoms with van der Waals surface area (Å²) in [6.45, 7) is 2.57. The molecule has 1 aliphatic carbocycles. The van der Waals surface area contributed by atoms with Crippen LogP contribution in [0.25, 0.3) is 0 Å². The molecule has 0 saturated heterocycles. The Bertz CT molecular complexity index is 415. The lowest BCUT2D eigenvalue weighted by molar-refractivity contribution is -0.121. The molecule has 1 amide bonds. The Balaban J connectivity index is 2.08. The van der Waals surface area contributed by atoms with E-state index < -0.39 is 0 Å². The Labute approximate surface area is 87.7 Å². The lowest BCUT2D eigenvalue weighted by atomic mass is 10.5. The van der Waals surface area contributed by atoms with Crippen molar-refractivity contribution >= 4 is 5.91 Å². The molecule has 0 aromatic carbocycles. The summed E-state index contributed by atoms with van der Waals surface area (Å²) in [5, 5.41) is 2.67. The van der Waals surface area contributed by atoms with Gasteiger partial charge in [-0.15, -0.1) is 0 Å². The van der Waals surface area contributed by atoms with Crippen molar-refractivity contribution in [3.8, 4) is 0 Å². The highest BCUT2D eigenvalue weighted by molar-refractivity contribution is 5.75. The van der Waals surface area contributed by atoms with Crippen molar-refractivity contribution in [3.05, 3.63) is 22.9 Å². The smallest absolute Gasteiger partial charge is 0.328 e. The zero-order valence-corrected chi connectivity index (χ0v) is 8.77. The number of nitrogens with zero attached hydrogens (tertiary/aromatic N) is 2. The summed E-state index contributed by atoms with van der Waals surface area (Å²) in [7, 11) is 0. The van der Waals surface area contributed by atoms with Gasteiger partial charge in [-0.1, -0.05) is 0 Å². The second-order valence-corrected chi connectivity index (χ2v) is 3.80. The minimum Gasteiger partial charge on any atom is -0.355 e. The van der Waals surface area contributed by atoms with Crippen molar-refractivity contribution < 1.29 is 4.79 Å². The highest BCUT2D eigenvalue weighted by atomic mass is 16.2. The first kappa shape index (κ1) is 10.0. The molecule has 1 heterocycles. The van der Waals surface area contributed by atoms with Crippen LogP contribution in [0.4, 0.5) is 0 Å². The molecule has 82 valence electrons. The number of carbonyl (C=O) groups excluding carboxylic acids is 1. The van der Waals surface area contributed by atoms with Crippen LogP contribution in [0.5, 0.6) is 0 Å². The zero-order valence-electron chi connectivity index (χ0n) is 8.77. The molecule has 5 nitrogen and oxygen atoms in total. The number of rotatable bonds is 4. The average Bonchev–Trinajstić information content (AvgIpc) is 2.96. The number of carbonyl (C=O) groups is 1. The first-order valence-corrected chi connectivity index (χ1v) is 5.26. The Morgan fingerprint density at radius 3 is 2.87 bits per heavy atom. The minimum absolute atomic E-state index is 0.0799. The third-order valence-electron chi connectivity index (χ3n) is 2.50. The monoisotopic (exact) mass is 209 g/mol. The van der Waals surface area contributed by atoms with Crippen molar-refractivity contribution in [3.63, 3.8) is 0 Å². The third-order valence-corrected chi connectivity index (χ3v) is 2.50. The van der Waals surface area contributed by atoms with Gasteiger partial charge in [0.15, 0.2) is 0 Å². The summed E-state index contributed by atoms with van der Waals surface area (Å²) in [5.74, 6) is -0.117. The zero-order chi connectivity index (χ0) is 10.8. The standard InChI is InChI=1S/C10H15N3O2/c1-2-11-9(14)7-12-5-6-13(10(12)15)8-3-4-8/h5-6,8H,2-4,7H2,1H3,(H,11,14). The van der Waals surface area contributed by atoms with E-state index in [9.17, 15) is 9.59 Å². The van der Waals surface area contributed by atoms with E-state index in [4.69, 9.17) is 0 Å². The van der Waals surface area contributed by atoms with Crippen LogP contribution in [0.15, 0.2) is 17.2 Å². The van der Waals surface area contributed by atoms with Crippen LogP contribution in [-0.4, -0.2) is 21.6 Å². The van der Waals surface area contributed by atoms with Crippen molar-refractivity contribution in [2.75, 3.05) is 6.54 Å². The SMILES string of the molecule is CCNC(=O)Cn1ccn(C2CC2)c1=O. The van der Waals surface area contributed by atoms with Gasteiger partial charge in [-0.05, 0) is 19.8 Å². The summed E-state index contributed by atoms with van der Waals surface area (Å²) in [6, 6.07) is 0.369. The second kappa shape index (κ2) is 3.92. The van der Waals surface area contributed by atoms with E-state index in [1.54, 1.807) is 17.0 Å². The van der Waals surface area contributed by atoms with Crippen LogP contribution in [0.2, 0.25) is 0 Å². The van der Waals surface area contributed by atoms with Gasteiger partial charge in [0, 0.05) is 25.0 Å².